The number of hydrogen-bond donors (Lipinski definition) is 2. The van der Waals surface area contributed by atoms with Gasteiger partial charge in [0.05, 0.1) is 6.33 Å². The maximum atomic E-state index is 12.8. The van der Waals surface area contributed by atoms with Crippen molar-refractivity contribution < 1.29 is 9.59 Å². The highest BCUT2D eigenvalue weighted by Gasteiger charge is 2.23. The van der Waals surface area contributed by atoms with Gasteiger partial charge in [0, 0.05) is 49.7 Å². The maximum absolute atomic E-state index is 12.8. The Bertz CT molecular complexity index is 767. The molecular weight excluding hydrogens is 354 g/mol. The Balaban J connectivity index is 1.51. The van der Waals surface area contributed by atoms with Crippen LogP contribution in [0.4, 0.5) is 5.69 Å². The van der Waals surface area contributed by atoms with Crippen LogP contribution in [0, 0.1) is 5.92 Å². The topological polar surface area (TPSA) is 79.3 Å². The van der Waals surface area contributed by atoms with Gasteiger partial charge in [0.25, 0.3) is 5.91 Å². The van der Waals surface area contributed by atoms with E-state index in [1.54, 1.807) is 18.6 Å². The van der Waals surface area contributed by atoms with Crippen LogP contribution in [0.5, 0.6) is 0 Å². The molecule has 1 saturated heterocycles. The second kappa shape index (κ2) is 10.0. The lowest BCUT2D eigenvalue weighted by molar-refractivity contribution is -0.116. The molecule has 150 valence electrons. The summed E-state index contributed by atoms with van der Waals surface area (Å²) in [5.41, 5.74) is 1.28. The van der Waals surface area contributed by atoms with E-state index in [9.17, 15) is 9.59 Å². The minimum atomic E-state index is -0.0800. The average molecular weight is 383 g/mol. The summed E-state index contributed by atoms with van der Waals surface area (Å²) >= 11 is 0. The lowest BCUT2D eigenvalue weighted by Crippen LogP contribution is -2.39. The van der Waals surface area contributed by atoms with Crippen molar-refractivity contribution in [3.63, 3.8) is 0 Å². The summed E-state index contributed by atoms with van der Waals surface area (Å²) in [5.74, 6) is 0.655. The second-order valence-corrected chi connectivity index (χ2v) is 7.31. The SMILES string of the molecule is CNCCC1CCN(C(=O)c2cccc(NC(=O)CCn3ccnc3)c2)CC1. The first-order chi connectivity index (χ1) is 13.7. The molecule has 0 aliphatic carbocycles. The zero-order valence-corrected chi connectivity index (χ0v) is 16.4. The van der Waals surface area contributed by atoms with E-state index in [4.69, 9.17) is 0 Å². The average Bonchev–Trinajstić information content (AvgIpc) is 3.24. The molecule has 3 rings (SSSR count). The van der Waals surface area contributed by atoms with E-state index < -0.39 is 0 Å². The van der Waals surface area contributed by atoms with Gasteiger partial charge in [-0.25, -0.2) is 4.98 Å². The Labute approximate surface area is 166 Å². The van der Waals surface area contributed by atoms with Crippen LogP contribution in [0.15, 0.2) is 43.0 Å². The predicted octanol–water partition coefficient (Wildman–Crippen LogP) is 2.37. The first-order valence-corrected chi connectivity index (χ1v) is 9.95. The molecule has 1 aromatic carbocycles. The van der Waals surface area contributed by atoms with Crippen molar-refractivity contribution in [2.75, 3.05) is 32.0 Å². The minimum Gasteiger partial charge on any atom is -0.339 e. The molecule has 0 atom stereocenters. The number of nitrogens with zero attached hydrogens (tertiary/aromatic N) is 3. The molecule has 0 unspecified atom stereocenters. The zero-order valence-electron chi connectivity index (χ0n) is 16.4. The Morgan fingerprint density at radius 2 is 2.07 bits per heavy atom. The fourth-order valence-electron chi connectivity index (χ4n) is 3.56. The number of anilines is 1. The Hall–Kier alpha value is -2.67. The van der Waals surface area contributed by atoms with Crippen LogP contribution in [-0.2, 0) is 11.3 Å². The molecule has 7 nitrogen and oxygen atoms in total. The number of carbonyl (C=O) groups is 2. The highest BCUT2D eigenvalue weighted by Crippen LogP contribution is 2.22. The van der Waals surface area contributed by atoms with E-state index in [0.29, 0.717) is 30.1 Å². The van der Waals surface area contributed by atoms with Crippen molar-refractivity contribution >= 4 is 17.5 Å². The monoisotopic (exact) mass is 383 g/mol. The van der Waals surface area contributed by atoms with Gasteiger partial charge in [0.1, 0.15) is 0 Å². The zero-order chi connectivity index (χ0) is 19.8. The summed E-state index contributed by atoms with van der Waals surface area (Å²) < 4.78 is 1.86. The quantitative estimate of drug-likeness (QED) is 0.734. The van der Waals surface area contributed by atoms with Gasteiger partial charge in [0.15, 0.2) is 0 Å². The number of carbonyl (C=O) groups excluding carboxylic acids is 2. The Morgan fingerprint density at radius 3 is 2.79 bits per heavy atom. The molecule has 2 aromatic rings. The number of likely N-dealkylation sites (tertiary alicyclic amines) is 1. The van der Waals surface area contributed by atoms with Crippen LogP contribution in [-0.4, -0.2) is 52.9 Å². The molecule has 7 heteroatoms. The van der Waals surface area contributed by atoms with Crippen LogP contribution in [0.3, 0.4) is 0 Å². The normalized spacial score (nSPS) is 14.8. The van der Waals surface area contributed by atoms with E-state index in [1.807, 2.05) is 40.9 Å². The largest absolute Gasteiger partial charge is 0.339 e. The van der Waals surface area contributed by atoms with Crippen molar-refractivity contribution in [3.05, 3.63) is 48.5 Å². The highest BCUT2D eigenvalue weighted by molar-refractivity contribution is 5.97. The summed E-state index contributed by atoms with van der Waals surface area (Å²) in [6.07, 6.45) is 8.84. The van der Waals surface area contributed by atoms with Crippen LogP contribution < -0.4 is 10.6 Å². The van der Waals surface area contributed by atoms with Crippen LogP contribution >= 0.6 is 0 Å². The number of amides is 2. The first kappa shape index (κ1) is 20.1. The molecule has 2 N–H and O–H groups in total. The van der Waals surface area contributed by atoms with Gasteiger partial charge < -0.3 is 20.1 Å². The highest BCUT2D eigenvalue weighted by atomic mass is 16.2. The van der Waals surface area contributed by atoms with Gasteiger partial charge >= 0.3 is 0 Å². The van der Waals surface area contributed by atoms with Gasteiger partial charge in [-0.1, -0.05) is 6.07 Å². The predicted molar refractivity (Wildman–Crippen MR) is 109 cm³/mol. The number of piperidine rings is 1. The Kier molecular flexibility index (Phi) is 7.19. The third-order valence-corrected chi connectivity index (χ3v) is 5.25. The van der Waals surface area contributed by atoms with Crippen LogP contribution in [0.2, 0.25) is 0 Å². The van der Waals surface area contributed by atoms with Gasteiger partial charge in [-0.3, -0.25) is 9.59 Å². The molecule has 1 aliphatic rings. The van der Waals surface area contributed by atoms with E-state index in [1.165, 1.54) is 6.42 Å². The fourth-order valence-corrected chi connectivity index (χ4v) is 3.56. The molecule has 0 spiro atoms. The number of nitrogens with one attached hydrogen (secondary N) is 2. The molecule has 2 amide bonds. The first-order valence-electron chi connectivity index (χ1n) is 9.95. The van der Waals surface area contributed by atoms with Gasteiger partial charge in [-0.15, -0.1) is 0 Å². The maximum Gasteiger partial charge on any atom is 0.253 e. The number of aromatic nitrogens is 2. The van der Waals surface area contributed by atoms with E-state index in [2.05, 4.69) is 15.6 Å². The van der Waals surface area contributed by atoms with Gasteiger partial charge in [-0.05, 0) is 57.0 Å². The molecule has 1 aliphatic heterocycles. The van der Waals surface area contributed by atoms with Crippen LogP contribution in [0.1, 0.15) is 36.0 Å². The molecule has 0 bridgehead atoms. The van der Waals surface area contributed by atoms with E-state index >= 15 is 0 Å². The third kappa shape index (κ3) is 5.66. The molecular formula is C21H29N5O2. The standard InChI is InChI=1S/C21H29N5O2/c1-22-9-5-17-6-12-26(13-7-17)21(28)18-3-2-4-19(15-18)24-20(27)8-11-25-14-10-23-16-25/h2-4,10,14-17,22H,5-9,11-13H2,1H3,(H,24,27). The smallest absolute Gasteiger partial charge is 0.253 e. The van der Waals surface area contributed by atoms with Crippen molar-refractivity contribution in [2.24, 2.45) is 5.92 Å². The van der Waals surface area contributed by atoms with Crippen LogP contribution in [0.25, 0.3) is 0 Å². The number of hydrogen-bond acceptors (Lipinski definition) is 4. The summed E-state index contributed by atoms with van der Waals surface area (Å²) in [7, 11) is 1.97. The molecule has 28 heavy (non-hydrogen) atoms. The summed E-state index contributed by atoms with van der Waals surface area (Å²) in [4.78, 5) is 30.9. The fraction of sp³-hybridized carbons (Fsp3) is 0.476. The number of imidazole rings is 1. The molecule has 0 saturated carbocycles. The summed E-state index contributed by atoms with van der Waals surface area (Å²) in [6.45, 7) is 3.21. The van der Waals surface area contributed by atoms with Crippen molar-refractivity contribution in [3.8, 4) is 0 Å². The lowest BCUT2D eigenvalue weighted by Gasteiger charge is -2.32. The van der Waals surface area contributed by atoms with Gasteiger partial charge in [-0.2, -0.15) is 0 Å². The van der Waals surface area contributed by atoms with E-state index in [0.717, 1.165) is 32.5 Å². The number of benzene rings is 1. The molecule has 2 heterocycles. The Morgan fingerprint density at radius 1 is 1.25 bits per heavy atom. The summed E-state index contributed by atoms with van der Waals surface area (Å²) in [5, 5.41) is 6.08. The summed E-state index contributed by atoms with van der Waals surface area (Å²) in [6, 6.07) is 7.22. The third-order valence-electron chi connectivity index (χ3n) is 5.25. The lowest BCUT2D eigenvalue weighted by atomic mass is 9.93. The van der Waals surface area contributed by atoms with Crippen molar-refractivity contribution in [2.45, 2.75) is 32.2 Å². The van der Waals surface area contributed by atoms with Crippen molar-refractivity contribution in [1.82, 2.24) is 19.8 Å². The second-order valence-electron chi connectivity index (χ2n) is 7.31. The molecule has 0 radical (unpaired) electrons. The van der Waals surface area contributed by atoms with E-state index in [-0.39, 0.29) is 11.8 Å². The molecule has 1 aromatic heterocycles. The van der Waals surface area contributed by atoms with Gasteiger partial charge in [0.2, 0.25) is 5.91 Å². The van der Waals surface area contributed by atoms with Crippen molar-refractivity contribution in [1.29, 1.82) is 0 Å². The molecule has 1 fully saturated rings. The minimum absolute atomic E-state index is 0.0431. The number of rotatable bonds is 8. The number of aryl methyl sites for hydroxylation is 1.